The number of benzene rings is 1. The van der Waals surface area contributed by atoms with Crippen LogP contribution in [0.15, 0.2) is 10.5 Å². The number of phenols is 3. The van der Waals surface area contributed by atoms with E-state index < -0.39 is 17.2 Å². The summed E-state index contributed by atoms with van der Waals surface area (Å²) in [7, 11) is 0. The van der Waals surface area contributed by atoms with Crippen molar-refractivity contribution < 1.29 is 20.1 Å². The van der Waals surface area contributed by atoms with Crippen LogP contribution in [-0.2, 0) is 0 Å². The van der Waals surface area contributed by atoms with E-state index >= 15 is 0 Å². The fourth-order valence-electron chi connectivity index (χ4n) is 4.33. The smallest absolute Gasteiger partial charge is 0.202 e. The fraction of sp³-hybridized carbons (Fsp3) is 0.750. The normalized spacial score (nSPS) is 11.2. The Labute approximate surface area is 210 Å². The van der Waals surface area contributed by atoms with Crippen molar-refractivity contribution in [2.45, 2.75) is 135 Å². The molecule has 1 aromatic rings. The van der Waals surface area contributed by atoms with Crippen LogP contribution in [0.2, 0.25) is 0 Å². The van der Waals surface area contributed by atoms with Gasteiger partial charge in [0.1, 0.15) is 0 Å². The first kappa shape index (κ1) is 29.8. The molecule has 0 unspecified atom stereocenters. The molecule has 33 heavy (non-hydrogen) atoms. The Bertz CT molecular complexity index is 660. The lowest BCUT2D eigenvalue weighted by Gasteiger charge is -2.09. The van der Waals surface area contributed by atoms with Crippen LogP contribution in [0, 0.1) is 0 Å². The first-order valence-corrected chi connectivity index (χ1v) is 14.2. The number of hydrogen-bond donors (Lipinski definition) is 3. The summed E-state index contributed by atoms with van der Waals surface area (Å²) in [6.45, 7) is 2.27. The molecule has 0 aliphatic rings. The Morgan fingerprint density at radius 2 is 0.970 bits per heavy atom. The number of carbonyl (C=O) groups excluding carboxylic acids is 1. The minimum absolute atomic E-state index is 0.0552. The molecule has 0 atom stereocenters. The number of ketones is 1. The first-order valence-electron chi connectivity index (χ1n) is 13.5. The maximum atomic E-state index is 12.3. The van der Waals surface area contributed by atoms with Crippen molar-refractivity contribution in [3.05, 3.63) is 16.1 Å². The molecule has 0 heterocycles. The summed E-state index contributed by atoms with van der Waals surface area (Å²) in [6.07, 6.45) is 25.2. The highest BCUT2D eigenvalue weighted by Crippen LogP contribution is 2.43. The Kier molecular flexibility index (Phi) is 17.3. The molecule has 0 aliphatic carbocycles. The molecule has 5 heteroatoms. The van der Waals surface area contributed by atoms with E-state index in [4.69, 9.17) is 0 Å². The van der Waals surface area contributed by atoms with Crippen LogP contribution in [0.3, 0.4) is 0 Å². The van der Waals surface area contributed by atoms with Crippen molar-refractivity contribution in [3.63, 3.8) is 0 Å². The third-order valence-corrected chi connectivity index (χ3v) is 7.11. The van der Waals surface area contributed by atoms with Crippen LogP contribution in [-0.4, -0.2) is 21.1 Å². The number of aromatic hydroxyl groups is 3. The van der Waals surface area contributed by atoms with Gasteiger partial charge in [-0.15, -0.1) is 0 Å². The summed E-state index contributed by atoms with van der Waals surface area (Å²) < 4.78 is 0.203. The molecule has 0 saturated carbocycles. The molecular formula is C28H47BrO4. The van der Waals surface area contributed by atoms with Gasteiger partial charge < -0.3 is 15.3 Å². The number of phenolic OH excluding ortho intramolecular Hbond substituents is 3. The second kappa shape index (κ2) is 19.1. The summed E-state index contributed by atoms with van der Waals surface area (Å²) in [6, 6.07) is 1.36. The van der Waals surface area contributed by atoms with E-state index in [1.807, 2.05) is 0 Å². The lowest BCUT2D eigenvalue weighted by molar-refractivity contribution is 0.0975. The van der Waals surface area contributed by atoms with Crippen molar-refractivity contribution >= 4 is 21.7 Å². The van der Waals surface area contributed by atoms with Gasteiger partial charge in [0.2, 0.25) is 5.75 Å². The molecule has 0 aromatic heterocycles. The molecule has 0 saturated heterocycles. The molecule has 3 N–H and O–H groups in total. The van der Waals surface area contributed by atoms with E-state index in [-0.39, 0.29) is 15.8 Å². The zero-order valence-electron chi connectivity index (χ0n) is 20.8. The third-order valence-electron chi connectivity index (χ3n) is 6.51. The fourth-order valence-corrected chi connectivity index (χ4v) is 4.74. The van der Waals surface area contributed by atoms with Gasteiger partial charge in [-0.1, -0.05) is 122 Å². The Hall–Kier alpha value is -1.23. The van der Waals surface area contributed by atoms with Crippen LogP contribution in [0.5, 0.6) is 17.2 Å². The molecule has 0 fully saturated rings. The summed E-state index contributed by atoms with van der Waals surface area (Å²) >= 11 is 3.08. The molecule has 1 aromatic carbocycles. The summed E-state index contributed by atoms with van der Waals surface area (Å²) in [5.74, 6) is -1.86. The van der Waals surface area contributed by atoms with E-state index in [1.165, 1.54) is 109 Å². The van der Waals surface area contributed by atoms with Gasteiger partial charge in [0, 0.05) is 6.42 Å². The standard InChI is InChI=1S/C28H47BrO4/c1-2-3-4-5-6-7-8-9-10-11-12-13-14-15-16-17-18-19-20-21-25(30)23-22-24(29)27(32)28(33)26(23)31/h22,31-33H,2-21H2,1H3. The van der Waals surface area contributed by atoms with Crippen molar-refractivity contribution in [3.8, 4) is 17.2 Å². The second-order valence-corrected chi connectivity index (χ2v) is 10.3. The van der Waals surface area contributed by atoms with Crippen molar-refractivity contribution in [1.29, 1.82) is 0 Å². The maximum Gasteiger partial charge on any atom is 0.202 e. The molecular weight excluding hydrogens is 480 g/mol. The van der Waals surface area contributed by atoms with Gasteiger partial charge in [0.15, 0.2) is 17.3 Å². The number of rotatable bonds is 21. The highest BCUT2D eigenvalue weighted by atomic mass is 79.9. The molecule has 0 radical (unpaired) electrons. The highest BCUT2D eigenvalue weighted by Gasteiger charge is 2.19. The van der Waals surface area contributed by atoms with Crippen molar-refractivity contribution in [2.24, 2.45) is 0 Å². The third kappa shape index (κ3) is 13.3. The molecule has 190 valence electrons. The van der Waals surface area contributed by atoms with E-state index in [9.17, 15) is 20.1 Å². The zero-order valence-corrected chi connectivity index (χ0v) is 22.4. The SMILES string of the molecule is CCCCCCCCCCCCCCCCCCCCCC(=O)c1cc(Br)c(O)c(O)c1O. The number of unbranched alkanes of at least 4 members (excludes halogenated alkanes) is 18. The predicted molar refractivity (Wildman–Crippen MR) is 141 cm³/mol. The van der Waals surface area contributed by atoms with Gasteiger partial charge in [-0.25, -0.2) is 0 Å². The lowest BCUT2D eigenvalue weighted by atomic mass is 10.0. The average molecular weight is 528 g/mol. The summed E-state index contributed by atoms with van der Waals surface area (Å²) in [5.41, 5.74) is 0.0552. The topological polar surface area (TPSA) is 77.8 Å². The minimum Gasteiger partial charge on any atom is -0.504 e. The van der Waals surface area contributed by atoms with Crippen LogP contribution in [0.4, 0.5) is 0 Å². The monoisotopic (exact) mass is 526 g/mol. The Morgan fingerprint density at radius 1 is 0.606 bits per heavy atom. The summed E-state index contributed by atoms with van der Waals surface area (Å²) in [4.78, 5) is 12.3. The minimum atomic E-state index is -0.652. The molecule has 1 rings (SSSR count). The van der Waals surface area contributed by atoms with Gasteiger partial charge in [-0.05, 0) is 28.4 Å². The predicted octanol–water partition coefficient (Wildman–Crippen LogP) is 9.57. The van der Waals surface area contributed by atoms with Crippen LogP contribution < -0.4 is 0 Å². The lowest BCUT2D eigenvalue weighted by Crippen LogP contribution is -2.00. The first-order chi connectivity index (χ1) is 16.0. The summed E-state index contributed by atoms with van der Waals surface area (Å²) in [5, 5.41) is 29.1. The number of halogens is 1. The van der Waals surface area contributed by atoms with Gasteiger partial charge in [0.25, 0.3) is 0 Å². The van der Waals surface area contributed by atoms with Gasteiger partial charge in [-0.3, -0.25) is 4.79 Å². The van der Waals surface area contributed by atoms with Crippen LogP contribution >= 0.6 is 15.9 Å². The van der Waals surface area contributed by atoms with E-state index in [2.05, 4.69) is 22.9 Å². The van der Waals surface area contributed by atoms with Crippen molar-refractivity contribution in [1.82, 2.24) is 0 Å². The average Bonchev–Trinajstić information content (AvgIpc) is 2.81. The number of hydrogen-bond acceptors (Lipinski definition) is 4. The molecule has 0 bridgehead atoms. The highest BCUT2D eigenvalue weighted by molar-refractivity contribution is 9.10. The molecule has 0 spiro atoms. The van der Waals surface area contributed by atoms with E-state index in [0.717, 1.165) is 19.3 Å². The van der Waals surface area contributed by atoms with Crippen molar-refractivity contribution in [2.75, 3.05) is 0 Å². The Morgan fingerprint density at radius 3 is 1.36 bits per heavy atom. The molecule has 4 nitrogen and oxygen atoms in total. The van der Waals surface area contributed by atoms with E-state index in [0.29, 0.717) is 6.42 Å². The second-order valence-electron chi connectivity index (χ2n) is 9.49. The van der Waals surface area contributed by atoms with Gasteiger partial charge in [-0.2, -0.15) is 0 Å². The molecule has 0 aliphatic heterocycles. The van der Waals surface area contributed by atoms with Crippen LogP contribution in [0.25, 0.3) is 0 Å². The maximum absolute atomic E-state index is 12.3. The molecule has 0 amide bonds. The van der Waals surface area contributed by atoms with Gasteiger partial charge >= 0.3 is 0 Å². The van der Waals surface area contributed by atoms with Gasteiger partial charge in [0.05, 0.1) is 10.0 Å². The van der Waals surface area contributed by atoms with Crippen LogP contribution in [0.1, 0.15) is 146 Å². The quantitative estimate of drug-likeness (QED) is 0.0845. The number of carbonyl (C=O) groups is 1. The number of Topliss-reactive ketones (excluding diaryl/α,β-unsaturated/α-hetero) is 1. The van der Waals surface area contributed by atoms with E-state index in [1.54, 1.807) is 0 Å². The zero-order chi connectivity index (χ0) is 24.3. The Balaban J connectivity index is 1.90. The largest absolute Gasteiger partial charge is 0.504 e.